The van der Waals surface area contributed by atoms with Crippen LogP contribution in [0.5, 0.6) is 11.5 Å². The maximum Gasteiger partial charge on any atom is 0.163 e. The zero-order chi connectivity index (χ0) is 17.1. The molecule has 0 aliphatic heterocycles. The number of aromatic hydroxyl groups is 2. The van der Waals surface area contributed by atoms with Crippen LogP contribution in [-0.4, -0.2) is 21.8 Å². The first kappa shape index (κ1) is 16.2. The van der Waals surface area contributed by atoms with Crippen LogP contribution in [0.1, 0.15) is 57.5 Å². The Hall–Kier alpha value is -2.62. The molecule has 124 valence electrons. The molecule has 2 aliphatic rings. The molecule has 0 saturated heterocycles. The highest BCUT2D eigenvalue weighted by Gasteiger charge is 2.17. The number of hydrogen-bond acceptors (Lipinski definition) is 4. The molecular formula is C20H20O4. The molecule has 0 spiro atoms. The van der Waals surface area contributed by atoms with Gasteiger partial charge < -0.3 is 10.2 Å². The van der Waals surface area contributed by atoms with Crippen molar-refractivity contribution in [1.82, 2.24) is 0 Å². The van der Waals surface area contributed by atoms with Gasteiger partial charge in [0.25, 0.3) is 0 Å². The predicted octanol–water partition coefficient (Wildman–Crippen LogP) is 3.82. The minimum Gasteiger partial charge on any atom is -0.508 e. The number of fused-ring (bicyclic) bond motifs is 2. The molecule has 4 rings (SSSR count). The van der Waals surface area contributed by atoms with Gasteiger partial charge in [0.05, 0.1) is 0 Å². The fourth-order valence-corrected chi connectivity index (χ4v) is 3.27. The smallest absolute Gasteiger partial charge is 0.163 e. The lowest BCUT2D eigenvalue weighted by atomic mass is 9.91. The molecule has 4 nitrogen and oxygen atoms in total. The van der Waals surface area contributed by atoms with Crippen LogP contribution in [0, 0.1) is 0 Å². The summed E-state index contributed by atoms with van der Waals surface area (Å²) in [5.74, 6) is 0.916. The lowest BCUT2D eigenvalue weighted by molar-refractivity contribution is 0.0964. The summed E-state index contributed by atoms with van der Waals surface area (Å²) in [6.07, 6.45) is 4.95. The van der Waals surface area contributed by atoms with Crippen LogP contribution in [0.3, 0.4) is 0 Å². The highest BCUT2D eigenvalue weighted by molar-refractivity contribution is 5.99. The van der Waals surface area contributed by atoms with Gasteiger partial charge in [-0.25, -0.2) is 0 Å². The van der Waals surface area contributed by atoms with E-state index >= 15 is 0 Å². The summed E-state index contributed by atoms with van der Waals surface area (Å²) in [5, 5.41) is 18.3. The lowest BCUT2D eigenvalue weighted by Crippen LogP contribution is -2.09. The van der Waals surface area contributed by atoms with Gasteiger partial charge in [-0.1, -0.05) is 0 Å². The van der Waals surface area contributed by atoms with E-state index in [1.54, 1.807) is 36.4 Å². The number of carbonyl (C=O) groups is 2. The molecule has 0 atom stereocenters. The maximum atomic E-state index is 11.3. The number of ketones is 2. The first-order chi connectivity index (χ1) is 11.5. The molecule has 0 saturated carbocycles. The van der Waals surface area contributed by atoms with E-state index in [0.29, 0.717) is 12.8 Å². The third kappa shape index (κ3) is 3.48. The first-order valence-electron chi connectivity index (χ1n) is 8.25. The molecule has 2 aliphatic carbocycles. The molecule has 0 aromatic heterocycles. The van der Waals surface area contributed by atoms with Crippen LogP contribution in [0.2, 0.25) is 0 Å². The molecule has 2 aromatic rings. The van der Waals surface area contributed by atoms with E-state index in [1.807, 2.05) is 0 Å². The van der Waals surface area contributed by atoms with E-state index in [0.717, 1.165) is 47.9 Å². The minimum absolute atomic E-state index is 0.205. The summed E-state index contributed by atoms with van der Waals surface area (Å²) in [7, 11) is 0. The van der Waals surface area contributed by atoms with Gasteiger partial charge in [-0.3, -0.25) is 9.59 Å². The number of hydrogen-bond donors (Lipinski definition) is 2. The maximum absolute atomic E-state index is 11.3. The Morgan fingerprint density at radius 2 is 1.04 bits per heavy atom. The van der Waals surface area contributed by atoms with Crippen LogP contribution < -0.4 is 0 Å². The van der Waals surface area contributed by atoms with Crippen molar-refractivity contribution in [1.29, 1.82) is 0 Å². The molecule has 0 bridgehead atoms. The second-order valence-corrected chi connectivity index (χ2v) is 6.24. The summed E-state index contributed by atoms with van der Waals surface area (Å²) in [6.45, 7) is 0. The zero-order valence-electron chi connectivity index (χ0n) is 13.4. The van der Waals surface area contributed by atoms with Crippen LogP contribution >= 0.6 is 0 Å². The van der Waals surface area contributed by atoms with Crippen molar-refractivity contribution < 1.29 is 19.8 Å². The van der Waals surface area contributed by atoms with Crippen molar-refractivity contribution in [2.45, 2.75) is 38.5 Å². The molecule has 2 aromatic carbocycles. The van der Waals surface area contributed by atoms with Crippen molar-refractivity contribution in [3.8, 4) is 11.5 Å². The second-order valence-electron chi connectivity index (χ2n) is 6.24. The molecule has 0 unspecified atom stereocenters. The Labute approximate surface area is 140 Å². The summed E-state index contributed by atoms with van der Waals surface area (Å²) in [5.41, 5.74) is 3.57. The van der Waals surface area contributed by atoms with E-state index in [-0.39, 0.29) is 23.1 Å². The van der Waals surface area contributed by atoms with Crippen molar-refractivity contribution in [3.63, 3.8) is 0 Å². The third-order valence-corrected chi connectivity index (χ3v) is 4.48. The van der Waals surface area contributed by atoms with Gasteiger partial charge in [-0.15, -0.1) is 0 Å². The van der Waals surface area contributed by atoms with Gasteiger partial charge in [-0.05, 0) is 73.2 Å². The van der Waals surface area contributed by atoms with Gasteiger partial charge in [-0.2, -0.15) is 0 Å². The Morgan fingerprint density at radius 1 is 0.625 bits per heavy atom. The Morgan fingerprint density at radius 3 is 1.46 bits per heavy atom. The molecular weight excluding hydrogens is 304 g/mol. The van der Waals surface area contributed by atoms with E-state index in [2.05, 4.69) is 0 Å². The number of phenols is 2. The Bertz CT molecular complexity index is 725. The number of rotatable bonds is 0. The second kappa shape index (κ2) is 6.87. The quantitative estimate of drug-likeness (QED) is 0.772. The number of benzene rings is 2. The van der Waals surface area contributed by atoms with E-state index in [4.69, 9.17) is 10.2 Å². The number of Topliss-reactive ketones (excluding diaryl/α,β-unsaturated/α-hetero) is 2. The van der Waals surface area contributed by atoms with E-state index in [9.17, 15) is 9.59 Å². The number of phenolic OH excluding ortho intramolecular Hbond substituents is 2. The fourth-order valence-electron chi connectivity index (χ4n) is 3.27. The van der Waals surface area contributed by atoms with Crippen LogP contribution in [-0.2, 0) is 12.8 Å². The zero-order valence-corrected chi connectivity index (χ0v) is 13.4. The summed E-state index contributed by atoms with van der Waals surface area (Å²) in [4.78, 5) is 22.6. The number of carbonyl (C=O) groups excluding carboxylic acids is 2. The van der Waals surface area contributed by atoms with Gasteiger partial charge in [0.1, 0.15) is 11.5 Å². The first-order valence-corrected chi connectivity index (χ1v) is 8.25. The topological polar surface area (TPSA) is 74.6 Å². The average molecular weight is 324 g/mol. The Kier molecular flexibility index (Phi) is 4.65. The molecule has 0 radical (unpaired) electrons. The largest absolute Gasteiger partial charge is 0.508 e. The van der Waals surface area contributed by atoms with E-state index < -0.39 is 0 Å². The summed E-state index contributed by atoms with van der Waals surface area (Å²) < 4.78 is 0. The van der Waals surface area contributed by atoms with Gasteiger partial charge in [0.15, 0.2) is 11.6 Å². The summed E-state index contributed by atoms with van der Waals surface area (Å²) in [6, 6.07) is 9.95. The van der Waals surface area contributed by atoms with Crippen molar-refractivity contribution in [2.24, 2.45) is 0 Å². The lowest BCUT2D eigenvalue weighted by Gasteiger charge is -2.13. The standard InChI is InChI=1S/2C10H10O2/c2*11-8-4-5-9-7(6-8)2-1-3-10(9)12/h2*4-6,11H,1-3H2. The molecule has 4 heteroatoms. The number of aryl methyl sites for hydroxylation is 2. The molecule has 0 amide bonds. The minimum atomic E-state index is 0.205. The molecule has 2 N–H and O–H groups in total. The molecule has 24 heavy (non-hydrogen) atoms. The predicted molar refractivity (Wildman–Crippen MR) is 90.8 cm³/mol. The van der Waals surface area contributed by atoms with Crippen LogP contribution in [0.15, 0.2) is 36.4 Å². The highest BCUT2D eigenvalue weighted by atomic mass is 16.3. The molecule has 0 fully saturated rings. The fraction of sp³-hybridized carbons (Fsp3) is 0.300. The van der Waals surface area contributed by atoms with Crippen LogP contribution in [0.4, 0.5) is 0 Å². The molecule has 0 heterocycles. The van der Waals surface area contributed by atoms with Crippen molar-refractivity contribution in [3.05, 3.63) is 58.7 Å². The van der Waals surface area contributed by atoms with Crippen LogP contribution in [0.25, 0.3) is 0 Å². The monoisotopic (exact) mass is 324 g/mol. The highest BCUT2D eigenvalue weighted by Crippen LogP contribution is 2.25. The van der Waals surface area contributed by atoms with E-state index in [1.165, 1.54) is 0 Å². The summed E-state index contributed by atoms with van der Waals surface area (Å²) >= 11 is 0. The van der Waals surface area contributed by atoms with Gasteiger partial charge in [0, 0.05) is 24.0 Å². The Balaban J connectivity index is 0.000000141. The van der Waals surface area contributed by atoms with Crippen molar-refractivity contribution >= 4 is 11.6 Å². The normalized spacial score (nSPS) is 15.8. The average Bonchev–Trinajstić information content (AvgIpc) is 2.55. The van der Waals surface area contributed by atoms with Gasteiger partial charge in [0.2, 0.25) is 0 Å². The third-order valence-electron chi connectivity index (χ3n) is 4.48. The SMILES string of the molecule is O=C1CCCc2cc(O)ccc21.O=C1CCCc2cc(O)ccc21. The van der Waals surface area contributed by atoms with Gasteiger partial charge >= 0.3 is 0 Å². The van der Waals surface area contributed by atoms with Crippen molar-refractivity contribution in [2.75, 3.05) is 0 Å².